The summed E-state index contributed by atoms with van der Waals surface area (Å²) >= 11 is 0. The van der Waals surface area contributed by atoms with Gasteiger partial charge in [-0.25, -0.2) is 17.2 Å². The van der Waals surface area contributed by atoms with Crippen LogP contribution >= 0.6 is 0 Å². The fourth-order valence-electron chi connectivity index (χ4n) is 2.56. The minimum atomic E-state index is -3.78. The van der Waals surface area contributed by atoms with Gasteiger partial charge in [0.15, 0.2) is 0 Å². The van der Waals surface area contributed by atoms with Gasteiger partial charge in [0.1, 0.15) is 17.7 Å². The first-order chi connectivity index (χ1) is 12.1. The van der Waals surface area contributed by atoms with Crippen LogP contribution in [0.25, 0.3) is 0 Å². The summed E-state index contributed by atoms with van der Waals surface area (Å²) in [6, 6.07) is 8.33. The van der Waals surface area contributed by atoms with Gasteiger partial charge in [-0.15, -0.1) is 0 Å². The Labute approximate surface area is 151 Å². The smallest absolute Gasteiger partial charge is 0.248 e. The van der Waals surface area contributed by atoms with Crippen LogP contribution in [0.2, 0.25) is 0 Å². The number of carbonyl (C=O) groups is 1. The van der Waals surface area contributed by atoms with E-state index in [2.05, 4.69) is 5.32 Å². The molecule has 2 aromatic carbocycles. The Hall–Kier alpha value is -2.48. The minimum absolute atomic E-state index is 0.162. The Morgan fingerprint density at radius 3 is 2.27 bits per heavy atom. The number of hydrogen-bond acceptors (Lipinski definition) is 3. The van der Waals surface area contributed by atoms with Crippen molar-refractivity contribution < 1.29 is 22.0 Å². The SMILES string of the molecule is CCC(C(=O)Nc1ccc(F)cc1F)N(c1ccc(C)cc1)S(C)(=O)=O. The van der Waals surface area contributed by atoms with Gasteiger partial charge in [-0.3, -0.25) is 9.10 Å². The summed E-state index contributed by atoms with van der Waals surface area (Å²) in [5, 5.41) is 2.34. The fourth-order valence-corrected chi connectivity index (χ4v) is 3.77. The topological polar surface area (TPSA) is 66.5 Å². The molecule has 0 fully saturated rings. The van der Waals surface area contributed by atoms with Crippen molar-refractivity contribution >= 4 is 27.3 Å². The van der Waals surface area contributed by atoms with Crippen LogP contribution in [-0.2, 0) is 14.8 Å². The minimum Gasteiger partial charge on any atom is -0.322 e. The van der Waals surface area contributed by atoms with Crippen molar-refractivity contribution in [3.63, 3.8) is 0 Å². The molecule has 0 heterocycles. The van der Waals surface area contributed by atoms with Gasteiger partial charge in [-0.1, -0.05) is 24.6 Å². The molecule has 8 heteroatoms. The first-order valence-electron chi connectivity index (χ1n) is 7.95. The van der Waals surface area contributed by atoms with E-state index in [1.165, 1.54) is 0 Å². The molecule has 0 bridgehead atoms. The second-order valence-electron chi connectivity index (χ2n) is 5.93. The summed E-state index contributed by atoms with van der Waals surface area (Å²) in [5.41, 5.74) is 1.06. The van der Waals surface area contributed by atoms with Crippen molar-refractivity contribution in [1.82, 2.24) is 0 Å². The highest BCUT2D eigenvalue weighted by Gasteiger charge is 2.31. The summed E-state index contributed by atoms with van der Waals surface area (Å²) in [5.74, 6) is -2.41. The number of nitrogens with zero attached hydrogens (tertiary/aromatic N) is 1. The maximum atomic E-state index is 13.8. The second-order valence-corrected chi connectivity index (χ2v) is 7.79. The molecule has 0 radical (unpaired) electrons. The Morgan fingerprint density at radius 2 is 1.77 bits per heavy atom. The van der Waals surface area contributed by atoms with E-state index in [0.29, 0.717) is 11.8 Å². The molecule has 2 aromatic rings. The highest BCUT2D eigenvalue weighted by molar-refractivity contribution is 7.92. The number of halogens is 2. The lowest BCUT2D eigenvalue weighted by Crippen LogP contribution is -2.47. The van der Waals surface area contributed by atoms with Crippen molar-refractivity contribution in [3.05, 3.63) is 59.7 Å². The van der Waals surface area contributed by atoms with Gasteiger partial charge in [-0.05, 0) is 37.6 Å². The van der Waals surface area contributed by atoms with Crippen LogP contribution < -0.4 is 9.62 Å². The van der Waals surface area contributed by atoms with E-state index in [0.717, 1.165) is 28.3 Å². The quantitative estimate of drug-likeness (QED) is 0.832. The molecule has 2 rings (SSSR count). The number of rotatable bonds is 6. The van der Waals surface area contributed by atoms with E-state index in [4.69, 9.17) is 0 Å². The number of sulfonamides is 1. The van der Waals surface area contributed by atoms with Gasteiger partial charge in [-0.2, -0.15) is 0 Å². The summed E-state index contributed by atoms with van der Waals surface area (Å²) in [4.78, 5) is 12.6. The molecular weight excluding hydrogens is 362 g/mol. The maximum absolute atomic E-state index is 13.8. The average molecular weight is 382 g/mol. The molecule has 0 spiro atoms. The third-order valence-electron chi connectivity index (χ3n) is 3.81. The molecule has 0 aliphatic carbocycles. The lowest BCUT2D eigenvalue weighted by atomic mass is 10.1. The van der Waals surface area contributed by atoms with Gasteiger partial charge >= 0.3 is 0 Å². The molecule has 26 heavy (non-hydrogen) atoms. The van der Waals surface area contributed by atoms with Crippen molar-refractivity contribution in [3.8, 4) is 0 Å². The van der Waals surface area contributed by atoms with Crippen molar-refractivity contribution in [1.29, 1.82) is 0 Å². The fraction of sp³-hybridized carbons (Fsp3) is 0.278. The first kappa shape index (κ1) is 19.8. The van der Waals surface area contributed by atoms with E-state index in [1.54, 1.807) is 31.2 Å². The van der Waals surface area contributed by atoms with Crippen molar-refractivity contribution in [2.75, 3.05) is 15.9 Å². The van der Waals surface area contributed by atoms with Crippen LogP contribution in [0.5, 0.6) is 0 Å². The molecule has 0 saturated heterocycles. The standard InChI is InChI=1S/C18H20F2N2O3S/c1-4-17(18(23)21-16-10-7-13(19)11-15(16)20)22(26(3,24)25)14-8-5-12(2)6-9-14/h5-11,17H,4H2,1-3H3,(H,21,23). The van der Waals surface area contributed by atoms with Gasteiger partial charge in [0.2, 0.25) is 15.9 Å². The second kappa shape index (κ2) is 7.82. The van der Waals surface area contributed by atoms with E-state index >= 15 is 0 Å². The summed E-state index contributed by atoms with van der Waals surface area (Å²) in [6.45, 7) is 3.51. The third-order valence-corrected chi connectivity index (χ3v) is 4.99. The van der Waals surface area contributed by atoms with Crippen molar-refractivity contribution in [2.45, 2.75) is 26.3 Å². The van der Waals surface area contributed by atoms with E-state index < -0.39 is 33.6 Å². The third kappa shape index (κ3) is 4.57. The zero-order valence-electron chi connectivity index (χ0n) is 14.7. The monoisotopic (exact) mass is 382 g/mol. The van der Waals surface area contributed by atoms with E-state index in [9.17, 15) is 22.0 Å². The molecule has 0 saturated carbocycles. The Morgan fingerprint density at radius 1 is 1.15 bits per heavy atom. The number of benzene rings is 2. The van der Waals surface area contributed by atoms with Gasteiger partial charge < -0.3 is 5.32 Å². The lowest BCUT2D eigenvalue weighted by molar-refractivity contribution is -0.117. The normalized spacial score (nSPS) is 12.5. The number of aryl methyl sites for hydroxylation is 1. The molecule has 0 aliphatic heterocycles. The first-order valence-corrected chi connectivity index (χ1v) is 9.80. The van der Waals surface area contributed by atoms with Gasteiger partial charge in [0.05, 0.1) is 17.6 Å². The van der Waals surface area contributed by atoms with Gasteiger partial charge in [0, 0.05) is 6.07 Å². The average Bonchev–Trinajstić information content (AvgIpc) is 2.55. The number of nitrogens with one attached hydrogen (secondary N) is 1. The van der Waals surface area contributed by atoms with Crippen LogP contribution in [0.3, 0.4) is 0 Å². The highest BCUT2D eigenvalue weighted by atomic mass is 32.2. The molecular formula is C18H20F2N2O3S. The highest BCUT2D eigenvalue weighted by Crippen LogP contribution is 2.24. The molecule has 0 aromatic heterocycles. The Balaban J connectivity index is 2.38. The maximum Gasteiger partial charge on any atom is 0.248 e. The Bertz CT molecular complexity index is 899. The van der Waals surface area contributed by atoms with Gasteiger partial charge in [0.25, 0.3) is 0 Å². The van der Waals surface area contributed by atoms with Crippen LogP contribution in [-0.4, -0.2) is 26.6 Å². The predicted octanol–water partition coefficient (Wildman–Crippen LogP) is 3.46. The van der Waals surface area contributed by atoms with E-state index in [-0.39, 0.29) is 12.1 Å². The molecule has 0 aliphatic rings. The largest absolute Gasteiger partial charge is 0.322 e. The van der Waals surface area contributed by atoms with Crippen LogP contribution in [0.1, 0.15) is 18.9 Å². The van der Waals surface area contributed by atoms with Crippen LogP contribution in [0.15, 0.2) is 42.5 Å². The van der Waals surface area contributed by atoms with Crippen molar-refractivity contribution in [2.24, 2.45) is 0 Å². The van der Waals surface area contributed by atoms with Crippen LogP contribution in [0, 0.1) is 18.6 Å². The molecule has 1 amide bonds. The summed E-state index contributed by atoms with van der Waals surface area (Å²) in [7, 11) is -3.78. The molecule has 5 nitrogen and oxygen atoms in total. The molecule has 1 unspecified atom stereocenters. The Kier molecular flexibility index (Phi) is 5.97. The van der Waals surface area contributed by atoms with E-state index in [1.807, 2.05) is 6.92 Å². The lowest BCUT2D eigenvalue weighted by Gasteiger charge is -2.30. The number of carbonyl (C=O) groups excluding carboxylic acids is 1. The number of anilines is 2. The zero-order chi connectivity index (χ0) is 19.5. The molecule has 140 valence electrons. The molecule has 1 N–H and O–H groups in total. The number of amides is 1. The number of hydrogen-bond donors (Lipinski definition) is 1. The summed E-state index contributed by atoms with van der Waals surface area (Å²) < 4.78 is 52.4. The summed E-state index contributed by atoms with van der Waals surface area (Å²) in [6.07, 6.45) is 1.16. The zero-order valence-corrected chi connectivity index (χ0v) is 15.5. The predicted molar refractivity (Wildman–Crippen MR) is 97.6 cm³/mol. The molecule has 1 atom stereocenters. The van der Waals surface area contributed by atoms with Crippen LogP contribution in [0.4, 0.5) is 20.2 Å².